The van der Waals surface area contributed by atoms with Gasteiger partial charge in [0.1, 0.15) is 0 Å². The van der Waals surface area contributed by atoms with E-state index in [0.29, 0.717) is 36.7 Å². The van der Waals surface area contributed by atoms with Crippen LogP contribution in [0.25, 0.3) is 0 Å². The predicted molar refractivity (Wildman–Crippen MR) is 64.6 cm³/mol. The lowest BCUT2D eigenvalue weighted by Gasteiger charge is -2.11. The molecule has 0 amide bonds. The summed E-state index contributed by atoms with van der Waals surface area (Å²) in [5.74, 6) is 1.79. The third-order valence-corrected chi connectivity index (χ3v) is 2.88. The summed E-state index contributed by atoms with van der Waals surface area (Å²) >= 11 is 0. The number of hydrogen-bond donors (Lipinski definition) is 2. The molecule has 17 heavy (non-hydrogen) atoms. The number of rotatable bonds is 4. The molecule has 0 atom stereocenters. The van der Waals surface area contributed by atoms with E-state index in [1.807, 2.05) is 0 Å². The van der Waals surface area contributed by atoms with E-state index < -0.39 is 0 Å². The van der Waals surface area contributed by atoms with Crippen molar-refractivity contribution in [1.29, 1.82) is 0 Å². The Balaban J connectivity index is 1.72. The van der Waals surface area contributed by atoms with Gasteiger partial charge in [0.25, 0.3) is 0 Å². The Morgan fingerprint density at radius 2 is 2.29 bits per heavy atom. The molecule has 0 saturated heterocycles. The minimum absolute atomic E-state index is 0.504. The van der Waals surface area contributed by atoms with Gasteiger partial charge in [-0.05, 0) is 19.8 Å². The Labute approximate surface area is 101 Å². The fourth-order valence-corrected chi connectivity index (χ4v) is 2.04. The minimum Gasteiger partial charge on any atom is -0.370 e. The summed E-state index contributed by atoms with van der Waals surface area (Å²) in [6.45, 7) is 2.37. The molecule has 0 aliphatic heterocycles. The third-order valence-electron chi connectivity index (χ3n) is 2.88. The molecule has 0 radical (unpaired) electrons. The van der Waals surface area contributed by atoms with Crippen LogP contribution in [0.15, 0.2) is 9.52 Å². The van der Waals surface area contributed by atoms with Crippen molar-refractivity contribution in [2.75, 3.05) is 6.54 Å². The summed E-state index contributed by atoms with van der Waals surface area (Å²) < 4.78 is 4.99. The maximum Gasteiger partial charge on any atom is 0.228 e. The molecule has 94 valence electrons. The van der Waals surface area contributed by atoms with E-state index in [4.69, 9.17) is 10.3 Å². The average Bonchev–Trinajstić information content (AvgIpc) is 2.90. The predicted octanol–water partition coefficient (Wildman–Crippen LogP) is 0.767. The standard InChI is InChI=1S/C11H19N5O/c1-8-14-10(17-16-8)6-7-13-11(12)15-9-4-2-3-5-9/h9H,2-7H2,1H3,(H3,12,13,15). The summed E-state index contributed by atoms with van der Waals surface area (Å²) in [7, 11) is 0. The van der Waals surface area contributed by atoms with Gasteiger partial charge in [0.15, 0.2) is 11.8 Å². The number of nitrogens with two attached hydrogens (primary N) is 1. The van der Waals surface area contributed by atoms with E-state index in [9.17, 15) is 0 Å². The third kappa shape index (κ3) is 3.72. The van der Waals surface area contributed by atoms with E-state index >= 15 is 0 Å². The number of nitrogens with one attached hydrogen (secondary N) is 1. The smallest absolute Gasteiger partial charge is 0.228 e. The molecule has 1 fully saturated rings. The molecular formula is C11H19N5O. The first-order valence-electron chi connectivity index (χ1n) is 6.09. The van der Waals surface area contributed by atoms with Crippen LogP contribution in [0, 0.1) is 6.92 Å². The van der Waals surface area contributed by atoms with E-state index in [-0.39, 0.29) is 0 Å². The molecule has 1 aliphatic carbocycles. The van der Waals surface area contributed by atoms with Crippen LogP contribution in [0.4, 0.5) is 0 Å². The monoisotopic (exact) mass is 237 g/mol. The number of aryl methyl sites for hydroxylation is 1. The van der Waals surface area contributed by atoms with E-state index in [2.05, 4.69) is 20.4 Å². The highest BCUT2D eigenvalue weighted by molar-refractivity contribution is 5.78. The van der Waals surface area contributed by atoms with Gasteiger partial charge in [-0.1, -0.05) is 18.0 Å². The largest absolute Gasteiger partial charge is 0.370 e. The number of hydrogen-bond acceptors (Lipinski definition) is 4. The summed E-state index contributed by atoms with van der Waals surface area (Å²) in [5, 5.41) is 6.95. The fraction of sp³-hybridized carbons (Fsp3) is 0.727. The van der Waals surface area contributed by atoms with Crippen molar-refractivity contribution in [3.05, 3.63) is 11.7 Å². The zero-order chi connectivity index (χ0) is 12.1. The first-order valence-corrected chi connectivity index (χ1v) is 6.09. The maximum absolute atomic E-state index is 5.80. The SMILES string of the molecule is Cc1noc(CCN=C(N)NC2CCCC2)n1. The lowest BCUT2D eigenvalue weighted by Crippen LogP contribution is -2.38. The summed E-state index contributed by atoms with van der Waals surface area (Å²) in [4.78, 5) is 8.35. The van der Waals surface area contributed by atoms with Crippen molar-refractivity contribution in [3.63, 3.8) is 0 Å². The molecule has 0 unspecified atom stereocenters. The topological polar surface area (TPSA) is 89.3 Å². The van der Waals surface area contributed by atoms with Gasteiger partial charge in [-0.3, -0.25) is 4.99 Å². The quantitative estimate of drug-likeness (QED) is 0.596. The Morgan fingerprint density at radius 1 is 1.53 bits per heavy atom. The second-order valence-corrected chi connectivity index (χ2v) is 4.38. The first-order chi connectivity index (χ1) is 8.24. The van der Waals surface area contributed by atoms with Crippen molar-refractivity contribution in [1.82, 2.24) is 15.5 Å². The lowest BCUT2D eigenvalue weighted by molar-refractivity contribution is 0.376. The van der Waals surface area contributed by atoms with Crippen LogP contribution >= 0.6 is 0 Å². The molecule has 1 aromatic rings. The molecule has 1 aliphatic rings. The van der Waals surface area contributed by atoms with E-state index in [1.54, 1.807) is 6.92 Å². The van der Waals surface area contributed by atoms with Crippen molar-refractivity contribution >= 4 is 5.96 Å². The van der Waals surface area contributed by atoms with Crippen molar-refractivity contribution in [2.24, 2.45) is 10.7 Å². The van der Waals surface area contributed by atoms with Crippen molar-refractivity contribution in [3.8, 4) is 0 Å². The molecule has 6 heteroatoms. The van der Waals surface area contributed by atoms with Crippen LogP contribution in [-0.4, -0.2) is 28.7 Å². The van der Waals surface area contributed by atoms with Gasteiger partial charge in [-0.2, -0.15) is 4.98 Å². The van der Waals surface area contributed by atoms with E-state index in [0.717, 1.165) is 0 Å². The van der Waals surface area contributed by atoms with Gasteiger partial charge in [-0.15, -0.1) is 0 Å². The minimum atomic E-state index is 0.504. The Kier molecular flexibility index (Phi) is 3.95. The van der Waals surface area contributed by atoms with Gasteiger partial charge in [0.05, 0.1) is 6.54 Å². The summed E-state index contributed by atoms with van der Waals surface area (Å²) in [5.41, 5.74) is 5.80. The van der Waals surface area contributed by atoms with Crippen molar-refractivity contribution in [2.45, 2.75) is 45.1 Å². The van der Waals surface area contributed by atoms with Crippen LogP contribution in [0.5, 0.6) is 0 Å². The zero-order valence-corrected chi connectivity index (χ0v) is 10.1. The molecular weight excluding hydrogens is 218 g/mol. The van der Waals surface area contributed by atoms with Gasteiger partial charge < -0.3 is 15.6 Å². The van der Waals surface area contributed by atoms with Crippen LogP contribution in [0.1, 0.15) is 37.4 Å². The zero-order valence-electron chi connectivity index (χ0n) is 10.1. The Hall–Kier alpha value is -1.59. The normalized spacial score (nSPS) is 17.6. The number of aromatic nitrogens is 2. The van der Waals surface area contributed by atoms with Crippen LogP contribution in [0.2, 0.25) is 0 Å². The maximum atomic E-state index is 5.80. The van der Waals surface area contributed by atoms with Gasteiger partial charge in [-0.25, -0.2) is 0 Å². The Bertz CT molecular complexity index is 381. The second kappa shape index (κ2) is 5.65. The molecule has 1 aromatic heterocycles. The highest BCUT2D eigenvalue weighted by Crippen LogP contribution is 2.17. The molecule has 0 spiro atoms. The highest BCUT2D eigenvalue weighted by Gasteiger charge is 2.14. The average molecular weight is 237 g/mol. The van der Waals surface area contributed by atoms with E-state index in [1.165, 1.54) is 25.7 Å². The van der Waals surface area contributed by atoms with Gasteiger partial charge in [0.2, 0.25) is 5.89 Å². The summed E-state index contributed by atoms with van der Waals surface area (Å²) in [6, 6.07) is 0.504. The number of nitrogens with zero attached hydrogens (tertiary/aromatic N) is 3. The molecule has 3 N–H and O–H groups in total. The molecule has 0 bridgehead atoms. The van der Waals surface area contributed by atoms with Crippen LogP contribution < -0.4 is 11.1 Å². The Morgan fingerprint density at radius 3 is 2.94 bits per heavy atom. The van der Waals surface area contributed by atoms with Crippen LogP contribution in [-0.2, 0) is 6.42 Å². The molecule has 1 heterocycles. The van der Waals surface area contributed by atoms with Gasteiger partial charge >= 0.3 is 0 Å². The molecule has 6 nitrogen and oxygen atoms in total. The first kappa shape index (κ1) is 11.9. The fourth-order valence-electron chi connectivity index (χ4n) is 2.04. The van der Waals surface area contributed by atoms with Gasteiger partial charge in [0, 0.05) is 12.5 Å². The second-order valence-electron chi connectivity index (χ2n) is 4.38. The summed E-state index contributed by atoms with van der Waals surface area (Å²) in [6.07, 6.45) is 5.59. The molecule has 0 aromatic carbocycles. The van der Waals surface area contributed by atoms with Crippen LogP contribution in [0.3, 0.4) is 0 Å². The molecule has 1 saturated carbocycles. The van der Waals surface area contributed by atoms with Crippen molar-refractivity contribution < 1.29 is 4.52 Å². The number of aliphatic imine (C=N–C) groups is 1. The number of guanidine groups is 1. The molecule has 2 rings (SSSR count). The highest BCUT2D eigenvalue weighted by atomic mass is 16.5. The lowest BCUT2D eigenvalue weighted by atomic mass is 10.2.